The number of hydrogen-bond donors (Lipinski definition) is 2. The minimum atomic E-state index is -0.741. The molecule has 1 rings (SSSR count). The fourth-order valence-electron chi connectivity index (χ4n) is 1.75. The maximum atomic E-state index is 10.4. The first kappa shape index (κ1) is 14.4. The number of carboxylic acid groups (broad SMARTS) is 1. The summed E-state index contributed by atoms with van der Waals surface area (Å²) < 4.78 is 0. The van der Waals surface area contributed by atoms with Gasteiger partial charge in [0.05, 0.1) is 0 Å². The highest BCUT2D eigenvalue weighted by atomic mass is 16.4. The van der Waals surface area contributed by atoms with Crippen LogP contribution in [0.15, 0.2) is 12.4 Å². The maximum absolute atomic E-state index is 10.4. The largest absolute Gasteiger partial charge is 0.481 e. The van der Waals surface area contributed by atoms with Crippen LogP contribution in [0.1, 0.15) is 45.2 Å². The highest BCUT2D eigenvalue weighted by molar-refractivity contribution is 5.66. The number of nitrogens with one attached hydrogen (secondary N) is 1. The Morgan fingerprint density at radius 1 is 1.50 bits per heavy atom. The van der Waals surface area contributed by atoms with Crippen LogP contribution < -0.4 is 5.32 Å². The second kappa shape index (κ2) is 7.63. The van der Waals surface area contributed by atoms with E-state index in [0.717, 1.165) is 30.8 Å². The molecule has 5 nitrogen and oxygen atoms in total. The van der Waals surface area contributed by atoms with Crippen molar-refractivity contribution in [3.05, 3.63) is 18.1 Å². The van der Waals surface area contributed by atoms with Gasteiger partial charge in [0.1, 0.15) is 12.1 Å². The van der Waals surface area contributed by atoms with Gasteiger partial charge in [-0.15, -0.1) is 0 Å². The molecule has 0 amide bonds. The molecule has 0 fully saturated rings. The SMILES string of the molecule is CCCc1cc(NC(C)CCCC(=O)O)ncn1. The molecular formula is C13H21N3O2. The Morgan fingerprint density at radius 3 is 2.94 bits per heavy atom. The zero-order valence-electron chi connectivity index (χ0n) is 11.0. The molecule has 1 aromatic rings. The third-order valence-electron chi connectivity index (χ3n) is 2.65. The number of anilines is 1. The van der Waals surface area contributed by atoms with Crippen LogP contribution in [0, 0.1) is 0 Å². The van der Waals surface area contributed by atoms with E-state index in [9.17, 15) is 4.79 Å². The van der Waals surface area contributed by atoms with Gasteiger partial charge in [0, 0.05) is 24.2 Å². The summed E-state index contributed by atoms with van der Waals surface area (Å²) in [5, 5.41) is 11.8. The lowest BCUT2D eigenvalue weighted by molar-refractivity contribution is -0.137. The number of hydrogen-bond acceptors (Lipinski definition) is 4. The molecule has 5 heteroatoms. The lowest BCUT2D eigenvalue weighted by atomic mass is 10.1. The van der Waals surface area contributed by atoms with E-state index in [2.05, 4.69) is 22.2 Å². The van der Waals surface area contributed by atoms with E-state index in [0.29, 0.717) is 6.42 Å². The van der Waals surface area contributed by atoms with Crippen molar-refractivity contribution in [3.63, 3.8) is 0 Å². The topological polar surface area (TPSA) is 75.1 Å². The summed E-state index contributed by atoms with van der Waals surface area (Å²) in [4.78, 5) is 18.8. The quantitative estimate of drug-likeness (QED) is 0.742. The molecule has 18 heavy (non-hydrogen) atoms. The number of aliphatic carboxylic acids is 1. The molecule has 0 aliphatic carbocycles. The summed E-state index contributed by atoms with van der Waals surface area (Å²) in [6.45, 7) is 4.15. The standard InChI is InChI=1S/C13H21N3O2/c1-3-5-11-8-12(15-9-14-11)16-10(2)6-4-7-13(17)18/h8-10H,3-7H2,1-2H3,(H,17,18)(H,14,15,16). The van der Waals surface area contributed by atoms with Crippen LogP contribution in [-0.2, 0) is 11.2 Å². The Bertz CT molecular complexity index is 382. The fourth-order valence-corrected chi connectivity index (χ4v) is 1.75. The third-order valence-corrected chi connectivity index (χ3v) is 2.65. The Kier molecular flexibility index (Phi) is 6.11. The summed E-state index contributed by atoms with van der Waals surface area (Å²) in [5.41, 5.74) is 1.03. The summed E-state index contributed by atoms with van der Waals surface area (Å²) in [7, 11) is 0. The van der Waals surface area contributed by atoms with Crippen molar-refractivity contribution in [1.29, 1.82) is 0 Å². The molecule has 1 aromatic heterocycles. The van der Waals surface area contributed by atoms with Crippen LogP contribution in [0.25, 0.3) is 0 Å². The minimum Gasteiger partial charge on any atom is -0.481 e. The normalized spacial score (nSPS) is 12.1. The zero-order chi connectivity index (χ0) is 13.4. The number of aromatic nitrogens is 2. The van der Waals surface area contributed by atoms with Gasteiger partial charge in [0.15, 0.2) is 0 Å². The van der Waals surface area contributed by atoms with Crippen molar-refractivity contribution in [2.45, 2.75) is 52.0 Å². The van der Waals surface area contributed by atoms with Gasteiger partial charge in [-0.25, -0.2) is 9.97 Å². The minimum absolute atomic E-state index is 0.216. The lowest BCUT2D eigenvalue weighted by Crippen LogP contribution is -2.16. The van der Waals surface area contributed by atoms with Gasteiger partial charge >= 0.3 is 5.97 Å². The molecule has 1 unspecified atom stereocenters. The van der Waals surface area contributed by atoms with E-state index in [1.807, 2.05) is 13.0 Å². The molecular weight excluding hydrogens is 230 g/mol. The average Bonchev–Trinajstić information content (AvgIpc) is 2.29. The Morgan fingerprint density at radius 2 is 2.28 bits per heavy atom. The molecule has 100 valence electrons. The van der Waals surface area contributed by atoms with Crippen molar-refractivity contribution in [1.82, 2.24) is 9.97 Å². The van der Waals surface area contributed by atoms with Gasteiger partial charge in [-0.2, -0.15) is 0 Å². The molecule has 0 aliphatic heterocycles. The Hall–Kier alpha value is -1.65. The maximum Gasteiger partial charge on any atom is 0.303 e. The van der Waals surface area contributed by atoms with E-state index < -0.39 is 5.97 Å². The predicted molar refractivity (Wildman–Crippen MR) is 70.6 cm³/mol. The Labute approximate surface area is 108 Å². The molecule has 0 saturated heterocycles. The monoisotopic (exact) mass is 251 g/mol. The number of carbonyl (C=O) groups is 1. The van der Waals surface area contributed by atoms with Gasteiger partial charge in [0.2, 0.25) is 0 Å². The molecule has 0 aromatic carbocycles. The second-order valence-corrected chi connectivity index (χ2v) is 4.48. The highest BCUT2D eigenvalue weighted by Crippen LogP contribution is 2.10. The number of rotatable bonds is 8. The van der Waals surface area contributed by atoms with Gasteiger partial charge in [-0.3, -0.25) is 4.79 Å². The third kappa shape index (κ3) is 5.61. The summed E-state index contributed by atoms with van der Waals surface area (Å²) in [6, 6.07) is 2.17. The summed E-state index contributed by atoms with van der Waals surface area (Å²) in [5.74, 6) is 0.0748. The molecule has 0 radical (unpaired) electrons. The van der Waals surface area contributed by atoms with Crippen molar-refractivity contribution in [3.8, 4) is 0 Å². The van der Waals surface area contributed by atoms with E-state index in [4.69, 9.17) is 5.11 Å². The van der Waals surface area contributed by atoms with Crippen molar-refractivity contribution in [2.75, 3.05) is 5.32 Å². The molecule has 0 spiro atoms. The predicted octanol–water partition coefficient (Wildman–Crippen LogP) is 2.48. The van der Waals surface area contributed by atoms with Crippen LogP contribution in [0.3, 0.4) is 0 Å². The van der Waals surface area contributed by atoms with Gasteiger partial charge in [0.25, 0.3) is 0 Å². The average molecular weight is 251 g/mol. The van der Waals surface area contributed by atoms with Crippen LogP contribution in [0.5, 0.6) is 0 Å². The van der Waals surface area contributed by atoms with Crippen LogP contribution >= 0.6 is 0 Å². The smallest absolute Gasteiger partial charge is 0.303 e. The zero-order valence-corrected chi connectivity index (χ0v) is 11.0. The van der Waals surface area contributed by atoms with E-state index in [-0.39, 0.29) is 12.5 Å². The van der Waals surface area contributed by atoms with Crippen molar-refractivity contribution in [2.24, 2.45) is 0 Å². The van der Waals surface area contributed by atoms with Gasteiger partial charge in [-0.1, -0.05) is 13.3 Å². The highest BCUT2D eigenvalue weighted by Gasteiger charge is 2.05. The molecule has 0 aliphatic rings. The molecule has 0 bridgehead atoms. The first-order chi connectivity index (χ1) is 8.61. The van der Waals surface area contributed by atoms with Crippen LogP contribution in [-0.4, -0.2) is 27.1 Å². The lowest BCUT2D eigenvalue weighted by Gasteiger charge is -2.14. The molecule has 1 heterocycles. The second-order valence-electron chi connectivity index (χ2n) is 4.48. The van der Waals surface area contributed by atoms with Crippen LogP contribution in [0.2, 0.25) is 0 Å². The number of aryl methyl sites for hydroxylation is 1. The Balaban J connectivity index is 2.40. The summed E-state index contributed by atoms with van der Waals surface area (Å²) >= 11 is 0. The van der Waals surface area contributed by atoms with E-state index in [1.54, 1.807) is 6.33 Å². The summed E-state index contributed by atoms with van der Waals surface area (Å²) in [6.07, 6.45) is 5.29. The fraction of sp³-hybridized carbons (Fsp3) is 0.615. The van der Waals surface area contributed by atoms with Crippen LogP contribution in [0.4, 0.5) is 5.82 Å². The number of nitrogens with zero attached hydrogens (tertiary/aromatic N) is 2. The van der Waals surface area contributed by atoms with Crippen molar-refractivity contribution < 1.29 is 9.90 Å². The van der Waals surface area contributed by atoms with Gasteiger partial charge < -0.3 is 10.4 Å². The van der Waals surface area contributed by atoms with Gasteiger partial charge in [-0.05, 0) is 26.2 Å². The van der Waals surface area contributed by atoms with E-state index in [1.165, 1.54) is 0 Å². The molecule has 1 atom stereocenters. The van der Waals surface area contributed by atoms with Crippen molar-refractivity contribution >= 4 is 11.8 Å². The number of carboxylic acids is 1. The molecule has 2 N–H and O–H groups in total. The first-order valence-corrected chi connectivity index (χ1v) is 6.41. The molecule has 0 saturated carbocycles. The van der Waals surface area contributed by atoms with E-state index >= 15 is 0 Å². The first-order valence-electron chi connectivity index (χ1n) is 6.41.